The smallest absolute Gasteiger partial charge is 0.402 e. The maximum absolute atomic E-state index is 12.3. The molecule has 0 aromatic heterocycles. The molecule has 0 radical (unpaired) electrons. The molecule has 12 heavy (non-hydrogen) atoms. The van der Waals surface area contributed by atoms with E-state index in [0.29, 0.717) is 4.47 Å². The molecule has 0 atom stereocenters. The molecule has 0 aliphatic carbocycles. The molecule has 0 bridgehead atoms. The fourth-order valence-electron chi connectivity index (χ4n) is 0.439. The van der Waals surface area contributed by atoms with Gasteiger partial charge in [0.25, 0.3) is 0 Å². The van der Waals surface area contributed by atoms with Crippen molar-refractivity contribution in [2.45, 2.75) is 0 Å². The van der Waals surface area contributed by atoms with Crippen LogP contribution in [0, 0.1) is 5.82 Å². The van der Waals surface area contributed by atoms with Crippen LogP contribution in [0.4, 0.5) is 4.39 Å². The van der Waals surface area contributed by atoms with E-state index in [0.717, 1.165) is 0 Å². The second-order valence-corrected chi connectivity index (χ2v) is 2.61. The van der Waals surface area contributed by atoms with Crippen LogP contribution in [0.5, 0.6) is 0 Å². The Bertz CT molecular complexity index is 210. The zero-order valence-electron chi connectivity index (χ0n) is 5.98. The molecule has 0 saturated heterocycles. The summed E-state index contributed by atoms with van der Waals surface area (Å²) in [7, 11) is -2.17. The zero-order chi connectivity index (χ0) is 9.56. The summed E-state index contributed by atoms with van der Waals surface area (Å²) in [6.45, 7) is 0. The highest BCUT2D eigenvalue weighted by Crippen LogP contribution is 2.12. The van der Waals surface area contributed by atoms with Gasteiger partial charge in [0.2, 0.25) is 0 Å². The first-order valence-corrected chi connectivity index (χ1v) is 3.77. The average Bonchev–Trinajstić information content (AvgIpc) is 1.94. The summed E-state index contributed by atoms with van der Waals surface area (Å²) in [6.07, 6.45) is 0. The molecule has 1 aromatic carbocycles. The number of hydrogen-bond acceptors (Lipinski definition) is 3. The molecule has 3 N–H and O–H groups in total. The second kappa shape index (κ2) is 6.13. The lowest BCUT2D eigenvalue weighted by atomic mass is 10.3. The average molecular weight is 237 g/mol. The van der Waals surface area contributed by atoms with Gasteiger partial charge in [-0.15, -0.1) is 0 Å². The highest BCUT2D eigenvalue weighted by Gasteiger charge is 1.92. The molecule has 66 valence electrons. The third-order valence-electron chi connectivity index (χ3n) is 0.824. The molecular weight excluding hydrogens is 230 g/mol. The van der Waals surface area contributed by atoms with E-state index in [1.165, 1.54) is 6.07 Å². The van der Waals surface area contributed by atoms with Crippen molar-refractivity contribution in [3.8, 4) is 0 Å². The maximum Gasteiger partial charge on any atom is 0.631 e. The van der Waals surface area contributed by atoms with E-state index in [1.807, 2.05) is 0 Å². The highest BCUT2D eigenvalue weighted by atomic mass is 79.9. The van der Waals surface area contributed by atoms with Gasteiger partial charge in [-0.1, -0.05) is 12.1 Å². The van der Waals surface area contributed by atoms with Crippen LogP contribution in [-0.4, -0.2) is 22.4 Å². The van der Waals surface area contributed by atoms with E-state index in [-0.39, 0.29) is 5.82 Å². The van der Waals surface area contributed by atoms with E-state index in [2.05, 4.69) is 15.9 Å². The molecule has 1 rings (SSSR count). The monoisotopic (exact) mass is 236 g/mol. The molecule has 6 heteroatoms. The minimum atomic E-state index is -2.17. The Morgan fingerprint density at radius 1 is 1.17 bits per heavy atom. The van der Waals surface area contributed by atoms with Gasteiger partial charge in [-0.05, 0) is 28.1 Å². The van der Waals surface area contributed by atoms with Crippen LogP contribution in [0.2, 0.25) is 0 Å². The third kappa shape index (κ3) is 6.30. The molecule has 0 spiro atoms. The normalized spacial score (nSPS) is 8.42. The Morgan fingerprint density at radius 3 is 1.83 bits per heavy atom. The Hall–Kier alpha value is -0.425. The summed E-state index contributed by atoms with van der Waals surface area (Å²) in [5, 5.41) is 21.5. The number of halogens is 2. The highest BCUT2D eigenvalue weighted by molar-refractivity contribution is 9.10. The molecule has 1 aromatic rings. The summed E-state index contributed by atoms with van der Waals surface area (Å²) in [6, 6.07) is 6.49. The summed E-state index contributed by atoms with van der Waals surface area (Å²) < 4.78 is 12.8. The van der Waals surface area contributed by atoms with Gasteiger partial charge in [-0.3, -0.25) is 0 Å². The Labute approximate surface area is 77.8 Å². The van der Waals surface area contributed by atoms with Gasteiger partial charge in [0, 0.05) is 0 Å². The van der Waals surface area contributed by atoms with Gasteiger partial charge in [0.15, 0.2) is 0 Å². The van der Waals surface area contributed by atoms with Crippen molar-refractivity contribution in [2.75, 3.05) is 0 Å². The molecule has 0 fully saturated rings. The summed E-state index contributed by atoms with van der Waals surface area (Å²) >= 11 is 3.02. The predicted molar refractivity (Wildman–Crippen MR) is 46.5 cm³/mol. The quantitative estimate of drug-likeness (QED) is 0.577. The Morgan fingerprint density at radius 2 is 1.58 bits per heavy atom. The van der Waals surface area contributed by atoms with Gasteiger partial charge in [0.1, 0.15) is 5.82 Å². The van der Waals surface area contributed by atoms with Crippen molar-refractivity contribution >= 4 is 23.3 Å². The van der Waals surface area contributed by atoms with E-state index >= 15 is 0 Å². The topological polar surface area (TPSA) is 60.7 Å². The van der Waals surface area contributed by atoms with Crippen LogP contribution in [0.15, 0.2) is 28.7 Å². The standard InChI is InChI=1S/C6H4BrF.BH3O3/c7-5-3-1-2-4-6(5)8;2-1(3)4/h1-4H;2-4H. The van der Waals surface area contributed by atoms with Crippen LogP contribution >= 0.6 is 15.9 Å². The molecule has 0 aliphatic rings. The fraction of sp³-hybridized carbons (Fsp3) is 0. The minimum Gasteiger partial charge on any atom is -0.402 e. The minimum absolute atomic E-state index is 0.215. The van der Waals surface area contributed by atoms with Crippen LogP contribution in [0.3, 0.4) is 0 Å². The molecular formula is C6H7BBrFO3. The van der Waals surface area contributed by atoms with Crippen molar-refractivity contribution in [2.24, 2.45) is 0 Å². The summed E-state index contributed by atoms with van der Waals surface area (Å²) in [5.41, 5.74) is 0. The number of hydrogen-bond donors (Lipinski definition) is 3. The molecule has 0 saturated carbocycles. The van der Waals surface area contributed by atoms with Gasteiger partial charge in [0.05, 0.1) is 4.47 Å². The lowest BCUT2D eigenvalue weighted by molar-refractivity contribution is 0.278. The largest absolute Gasteiger partial charge is 0.631 e. The predicted octanol–water partition coefficient (Wildman–Crippen LogP) is 0.536. The van der Waals surface area contributed by atoms with Crippen LogP contribution in [0.1, 0.15) is 0 Å². The lowest BCUT2D eigenvalue weighted by Crippen LogP contribution is -2.07. The van der Waals surface area contributed by atoms with Crippen molar-refractivity contribution in [1.82, 2.24) is 0 Å². The third-order valence-corrected chi connectivity index (χ3v) is 1.47. The summed E-state index contributed by atoms with van der Waals surface area (Å²) in [5.74, 6) is -0.215. The van der Waals surface area contributed by atoms with Crippen LogP contribution in [-0.2, 0) is 0 Å². The van der Waals surface area contributed by atoms with Gasteiger partial charge >= 0.3 is 7.32 Å². The first-order valence-electron chi connectivity index (χ1n) is 2.98. The zero-order valence-corrected chi connectivity index (χ0v) is 7.57. The van der Waals surface area contributed by atoms with E-state index in [1.54, 1.807) is 18.2 Å². The maximum atomic E-state index is 12.3. The van der Waals surface area contributed by atoms with Gasteiger partial charge in [-0.25, -0.2) is 4.39 Å². The molecule has 0 unspecified atom stereocenters. The Kier molecular flexibility index (Phi) is 5.91. The molecule has 0 aliphatic heterocycles. The second-order valence-electron chi connectivity index (χ2n) is 1.76. The Balaban J connectivity index is 0.000000261. The van der Waals surface area contributed by atoms with Gasteiger partial charge in [-0.2, -0.15) is 0 Å². The van der Waals surface area contributed by atoms with Crippen molar-refractivity contribution < 1.29 is 19.5 Å². The molecule has 3 nitrogen and oxygen atoms in total. The van der Waals surface area contributed by atoms with E-state index < -0.39 is 7.32 Å². The number of rotatable bonds is 0. The first-order chi connectivity index (χ1) is 5.54. The molecule has 0 amide bonds. The fourth-order valence-corrected chi connectivity index (χ4v) is 0.724. The van der Waals surface area contributed by atoms with Crippen molar-refractivity contribution in [1.29, 1.82) is 0 Å². The first kappa shape index (κ1) is 11.6. The van der Waals surface area contributed by atoms with E-state index in [4.69, 9.17) is 15.1 Å². The lowest BCUT2D eigenvalue weighted by Gasteiger charge is -1.87. The van der Waals surface area contributed by atoms with Crippen molar-refractivity contribution in [3.05, 3.63) is 34.6 Å². The van der Waals surface area contributed by atoms with E-state index in [9.17, 15) is 4.39 Å². The number of benzene rings is 1. The summed E-state index contributed by atoms with van der Waals surface area (Å²) in [4.78, 5) is 0. The van der Waals surface area contributed by atoms with Crippen LogP contribution < -0.4 is 0 Å². The SMILES string of the molecule is Fc1ccccc1Br.OB(O)O. The van der Waals surface area contributed by atoms with Crippen molar-refractivity contribution in [3.63, 3.8) is 0 Å². The van der Waals surface area contributed by atoms with Gasteiger partial charge < -0.3 is 15.1 Å². The molecule has 0 heterocycles. The van der Waals surface area contributed by atoms with Crippen LogP contribution in [0.25, 0.3) is 0 Å².